The number of nitrogens with one attached hydrogen (secondary N) is 2. The van der Waals surface area contributed by atoms with E-state index >= 15 is 0 Å². The van der Waals surface area contributed by atoms with Crippen molar-refractivity contribution in [3.05, 3.63) is 51.9 Å². The number of piperazine rings is 1. The third kappa shape index (κ3) is 4.09. The summed E-state index contributed by atoms with van der Waals surface area (Å²) >= 11 is 0. The molecule has 0 atom stereocenters. The van der Waals surface area contributed by atoms with E-state index in [0.717, 1.165) is 25.2 Å². The number of alkyl halides is 3. The van der Waals surface area contributed by atoms with Crippen LogP contribution < -0.4 is 15.8 Å². The molecule has 30 heavy (non-hydrogen) atoms. The molecule has 7 nitrogen and oxygen atoms in total. The van der Waals surface area contributed by atoms with E-state index in [1.165, 1.54) is 6.20 Å². The number of aromatic nitrogens is 3. The number of pyridine rings is 1. The van der Waals surface area contributed by atoms with Crippen molar-refractivity contribution in [1.29, 1.82) is 0 Å². The van der Waals surface area contributed by atoms with E-state index in [1.54, 1.807) is 19.1 Å². The van der Waals surface area contributed by atoms with Gasteiger partial charge in [0.2, 0.25) is 5.95 Å². The lowest BCUT2D eigenvalue weighted by Crippen LogP contribution is -2.45. The van der Waals surface area contributed by atoms with Gasteiger partial charge in [0, 0.05) is 38.1 Å². The first-order chi connectivity index (χ1) is 14.2. The highest BCUT2D eigenvalue weighted by Gasteiger charge is 2.31. The molecule has 2 N–H and O–H groups in total. The topological polar surface area (TPSA) is 77.2 Å². The fraction of sp³-hybridized carbons (Fsp3) is 0.350. The first-order valence-electron chi connectivity index (χ1n) is 9.49. The average molecular weight is 418 g/mol. The zero-order valence-electron chi connectivity index (χ0n) is 16.5. The maximum absolute atomic E-state index is 13.2. The summed E-state index contributed by atoms with van der Waals surface area (Å²) in [6, 6.07) is 5.32. The lowest BCUT2D eigenvalue weighted by atomic mass is 10.1. The third-order valence-corrected chi connectivity index (χ3v) is 5.06. The predicted octanol–water partition coefficient (Wildman–Crippen LogP) is 3.14. The largest absolute Gasteiger partial charge is 0.416 e. The van der Waals surface area contributed by atoms with Crippen molar-refractivity contribution in [2.45, 2.75) is 13.1 Å². The van der Waals surface area contributed by atoms with Gasteiger partial charge < -0.3 is 20.1 Å². The van der Waals surface area contributed by atoms with E-state index < -0.39 is 17.3 Å². The van der Waals surface area contributed by atoms with E-state index in [1.807, 2.05) is 11.9 Å². The Morgan fingerprint density at radius 3 is 2.53 bits per heavy atom. The SMILES string of the molecule is Cc1cc(Nc2nc(N3CCN(C)CC3)nc3cc[nH]c(=O)c23)cc(C(F)(F)F)c1. The maximum atomic E-state index is 13.2. The number of benzene rings is 1. The number of hydrogen-bond acceptors (Lipinski definition) is 6. The van der Waals surface area contributed by atoms with Gasteiger partial charge in [-0.25, -0.2) is 4.98 Å². The number of H-pyrrole nitrogens is 1. The van der Waals surface area contributed by atoms with Gasteiger partial charge in [-0.15, -0.1) is 0 Å². The second kappa shape index (κ2) is 7.60. The van der Waals surface area contributed by atoms with Crippen LogP contribution in [0.3, 0.4) is 0 Å². The van der Waals surface area contributed by atoms with Crippen LogP contribution in [0.15, 0.2) is 35.3 Å². The van der Waals surface area contributed by atoms with Crippen molar-refractivity contribution < 1.29 is 13.2 Å². The van der Waals surface area contributed by atoms with Gasteiger partial charge in [-0.2, -0.15) is 18.2 Å². The summed E-state index contributed by atoms with van der Waals surface area (Å²) in [5, 5.41) is 3.12. The first kappa shape index (κ1) is 20.1. The number of hydrogen-bond donors (Lipinski definition) is 2. The summed E-state index contributed by atoms with van der Waals surface area (Å²) in [5.74, 6) is 0.613. The summed E-state index contributed by atoms with van der Waals surface area (Å²) in [6.45, 7) is 4.69. The summed E-state index contributed by atoms with van der Waals surface area (Å²) in [6.07, 6.45) is -2.98. The molecule has 1 aliphatic heterocycles. The van der Waals surface area contributed by atoms with E-state index in [4.69, 9.17) is 0 Å². The van der Waals surface area contributed by atoms with Crippen molar-refractivity contribution in [2.75, 3.05) is 43.4 Å². The predicted molar refractivity (Wildman–Crippen MR) is 109 cm³/mol. The minimum atomic E-state index is -4.47. The lowest BCUT2D eigenvalue weighted by Gasteiger charge is -2.32. The standard InChI is InChI=1S/C20H21F3N6O/c1-12-9-13(20(21,22)23)11-14(10-12)25-17-16-15(3-4-24-18(16)30)26-19(27-17)29-7-5-28(2)6-8-29/h3-4,9-11H,5-8H2,1-2H3,(H,24,30)(H,25,26,27). The number of halogens is 3. The van der Waals surface area contributed by atoms with Crippen LogP contribution >= 0.6 is 0 Å². The van der Waals surface area contributed by atoms with Crippen LogP contribution in [0.4, 0.5) is 30.6 Å². The Kier molecular flexibility index (Phi) is 5.10. The minimum Gasteiger partial charge on any atom is -0.339 e. The second-order valence-electron chi connectivity index (χ2n) is 7.44. The quantitative estimate of drug-likeness (QED) is 0.681. The molecule has 10 heteroatoms. The number of fused-ring (bicyclic) bond motifs is 1. The highest BCUT2D eigenvalue weighted by atomic mass is 19.4. The fourth-order valence-corrected chi connectivity index (χ4v) is 3.47. The van der Waals surface area contributed by atoms with Gasteiger partial charge in [0.25, 0.3) is 5.56 Å². The zero-order chi connectivity index (χ0) is 21.5. The minimum absolute atomic E-state index is 0.175. The molecule has 1 saturated heterocycles. The molecule has 1 fully saturated rings. The highest BCUT2D eigenvalue weighted by molar-refractivity contribution is 5.91. The molecule has 1 aliphatic rings. The van der Waals surface area contributed by atoms with Gasteiger partial charge in [-0.1, -0.05) is 0 Å². The molecule has 158 valence electrons. The molecule has 0 amide bonds. The molecular weight excluding hydrogens is 397 g/mol. The Labute approximate surface area is 170 Å². The van der Waals surface area contributed by atoms with E-state index in [2.05, 4.69) is 25.2 Å². The number of aromatic amines is 1. The van der Waals surface area contributed by atoms with Crippen molar-refractivity contribution >= 4 is 28.4 Å². The molecule has 2 aromatic heterocycles. The molecule has 0 unspecified atom stereocenters. The Balaban J connectivity index is 1.80. The fourth-order valence-electron chi connectivity index (χ4n) is 3.47. The monoisotopic (exact) mass is 418 g/mol. The van der Waals surface area contributed by atoms with E-state index in [-0.39, 0.29) is 16.9 Å². The zero-order valence-corrected chi connectivity index (χ0v) is 16.5. The maximum Gasteiger partial charge on any atom is 0.416 e. The molecule has 4 rings (SSSR count). The molecule has 0 saturated carbocycles. The normalized spacial score (nSPS) is 15.6. The number of nitrogens with zero attached hydrogens (tertiary/aromatic N) is 4. The van der Waals surface area contributed by atoms with Crippen LogP contribution in [0.5, 0.6) is 0 Å². The average Bonchev–Trinajstić information content (AvgIpc) is 2.67. The molecule has 1 aromatic carbocycles. The molecule has 0 aliphatic carbocycles. The molecule has 0 spiro atoms. The smallest absolute Gasteiger partial charge is 0.339 e. The van der Waals surface area contributed by atoms with Crippen LogP contribution in [-0.4, -0.2) is 53.1 Å². The van der Waals surface area contributed by atoms with Crippen LogP contribution in [0.25, 0.3) is 10.9 Å². The molecular formula is C20H21F3N6O. The summed E-state index contributed by atoms with van der Waals surface area (Å²) < 4.78 is 39.7. The number of anilines is 3. The Hall–Kier alpha value is -3.14. The van der Waals surface area contributed by atoms with E-state index in [0.29, 0.717) is 30.1 Å². The summed E-state index contributed by atoms with van der Waals surface area (Å²) in [4.78, 5) is 28.2. The number of likely N-dealkylation sites (N-methyl/N-ethyl adjacent to an activating group) is 1. The van der Waals surface area contributed by atoms with Crippen molar-refractivity contribution in [1.82, 2.24) is 19.9 Å². The molecule has 3 aromatic rings. The Morgan fingerprint density at radius 1 is 1.10 bits per heavy atom. The van der Waals surface area contributed by atoms with Crippen molar-refractivity contribution in [2.24, 2.45) is 0 Å². The summed E-state index contributed by atoms with van der Waals surface area (Å²) in [7, 11) is 2.03. The Morgan fingerprint density at radius 2 is 1.83 bits per heavy atom. The van der Waals surface area contributed by atoms with Crippen LogP contribution in [0, 0.1) is 6.92 Å². The van der Waals surface area contributed by atoms with Crippen LogP contribution in [-0.2, 0) is 6.18 Å². The van der Waals surface area contributed by atoms with Gasteiger partial charge in [-0.05, 0) is 43.8 Å². The second-order valence-corrected chi connectivity index (χ2v) is 7.44. The van der Waals surface area contributed by atoms with Crippen LogP contribution in [0.1, 0.15) is 11.1 Å². The van der Waals surface area contributed by atoms with Gasteiger partial charge in [0.15, 0.2) is 0 Å². The first-order valence-corrected chi connectivity index (χ1v) is 9.49. The van der Waals surface area contributed by atoms with Gasteiger partial charge in [0.1, 0.15) is 11.2 Å². The number of aryl methyl sites for hydroxylation is 1. The summed E-state index contributed by atoms with van der Waals surface area (Å²) in [5.41, 5.74) is -0.108. The Bertz CT molecular complexity index is 1140. The molecule has 0 bridgehead atoms. The number of rotatable bonds is 3. The van der Waals surface area contributed by atoms with Gasteiger partial charge in [-0.3, -0.25) is 4.79 Å². The van der Waals surface area contributed by atoms with Crippen molar-refractivity contribution in [3.8, 4) is 0 Å². The molecule has 0 radical (unpaired) electrons. The lowest BCUT2D eigenvalue weighted by molar-refractivity contribution is -0.137. The molecule has 3 heterocycles. The third-order valence-electron chi connectivity index (χ3n) is 5.06. The van der Waals surface area contributed by atoms with Gasteiger partial charge in [0.05, 0.1) is 11.1 Å². The highest BCUT2D eigenvalue weighted by Crippen LogP contribution is 2.33. The van der Waals surface area contributed by atoms with Crippen LogP contribution in [0.2, 0.25) is 0 Å². The van der Waals surface area contributed by atoms with Crippen molar-refractivity contribution in [3.63, 3.8) is 0 Å². The van der Waals surface area contributed by atoms with E-state index in [9.17, 15) is 18.0 Å². The van der Waals surface area contributed by atoms with Gasteiger partial charge >= 0.3 is 6.18 Å².